The summed E-state index contributed by atoms with van der Waals surface area (Å²) in [6.07, 6.45) is 7.45. The fraction of sp³-hybridized carbons (Fsp3) is 0.400. The monoisotopic (exact) mass is 333 g/mol. The van der Waals surface area contributed by atoms with Gasteiger partial charge in [-0.3, -0.25) is 14.5 Å². The number of hydrogen-bond acceptors (Lipinski definition) is 6. The number of carboxylic acids is 1. The van der Waals surface area contributed by atoms with Gasteiger partial charge in [-0.05, 0) is 30.0 Å². The Labute approximate surface area is 137 Å². The molecule has 3 rings (SSSR count). The molecule has 3 atom stereocenters. The Bertz CT molecular complexity index is 706. The first-order valence-corrected chi connectivity index (χ1v) is 8.11. The number of fused-ring (bicyclic) bond motifs is 1. The van der Waals surface area contributed by atoms with Crippen LogP contribution in [0.2, 0.25) is 0 Å². The highest BCUT2D eigenvalue weighted by Gasteiger charge is 2.51. The first kappa shape index (κ1) is 15.8. The minimum Gasteiger partial charge on any atom is -0.477 e. The Morgan fingerprint density at radius 1 is 1.52 bits per heavy atom. The maximum Gasteiger partial charge on any atom is 0.352 e. The lowest BCUT2D eigenvalue weighted by Gasteiger charge is -2.47. The molecule has 3 aliphatic heterocycles. The van der Waals surface area contributed by atoms with Gasteiger partial charge in [-0.15, -0.1) is 18.2 Å². The van der Waals surface area contributed by atoms with Crippen molar-refractivity contribution in [3.05, 3.63) is 22.9 Å². The van der Waals surface area contributed by atoms with Crippen molar-refractivity contribution in [1.82, 2.24) is 10.2 Å². The topological polar surface area (TPSA) is 113 Å². The average Bonchev–Trinajstić information content (AvgIpc) is 3.00. The summed E-state index contributed by atoms with van der Waals surface area (Å²) in [6, 6.07) is -1.24. The van der Waals surface area contributed by atoms with E-state index in [9.17, 15) is 19.5 Å². The predicted octanol–water partition coefficient (Wildman–Crippen LogP) is -0.942. The fourth-order valence-electron chi connectivity index (χ4n) is 3.01. The van der Waals surface area contributed by atoms with Crippen LogP contribution in [-0.4, -0.2) is 57.4 Å². The van der Waals surface area contributed by atoms with Gasteiger partial charge >= 0.3 is 5.97 Å². The molecular weight excluding hydrogens is 318 g/mol. The van der Waals surface area contributed by atoms with Gasteiger partial charge in [0.2, 0.25) is 11.7 Å². The van der Waals surface area contributed by atoms with Crippen LogP contribution in [0.4, 0.5) is 0 Å². The molecular formula is C15H15N3O4S. The van der Waals surface area contributed by atoms with Crippen LogP contribution in [0.1, 0.15) is 6.42 Å². The van der Waals surface area contributed by atoms with Gasteiger partial charge < -0.3 is 16.2 Å². The third kappa shape index (κ3) is 2.47. The number of nitrogens with one attached hydrogen (secondary N) is 1. The molecule has 1 amide bonds. The van der Waals surface area contributed by atoms with Gasteiger partial charge in [-0.1, -0.05) is 6.08 Å². The Hall–Kier alpha value is -2.08. The first-order valence-electron chi connectivity index (χ1n) is 7.06. The lowest BCUT2D eigenvalue weighted by atomic mass is 9.99. The highest BCUT2D eigenvalue weighted by atomic mass is 32.2. The molecule has 4 N–H and O–H groups in total. The van der Waals surface area contributed by atoms with E-state index >= 15 is 0 Å². The number of carbonyl (C=O) groups excluding carboxylic acids is 2. The van der Waals surface area contributed by atoms with E-state index in [0.717, 1.165) is 5.57 Å². The van der Waals surface area contributed by atoms with Gasteiger partial charge in [-0.25, -0.2) is 4.79 Å². The van der Waals surface area contributed by atoms with Crippen LogP contribution in [-0.2, 0) is 14.4 Å². The number of nitrogens with two attached hydrogens (primary N) is 1. The second-order valence-electron chi connectivity index (χ2n) is 5.48. The van der Waals surface area contributed by atoms with Crippen LogP contribution >= 0.6 is 11.8 Å². The van der Waals surface area contributed by atoms with Crippen LogP contribution in [0, 0.1) is 12.3 Å². The summed E-state index contributed by atoms with van der Waals surface area (Å²) in [5, 5.41) is 12.2. The number of aliphatic carboxylic acids is 1. The van der Waals surface area contributed by atoms with Crippen LogP contribution in [0.5, 0.6) is 0 Å². The maximum atomic E-state index is 11.9. The third-order valence-electron chi connectivity index (χ3n) is 4.14. The summed E-state index contributed by atoms with van der Waals surface area (Å²) in [5.74, 6) is 0.563. The van der Waals surface area contributed by atoms with Gasteiger partial charge in [0, 0.05) is 5.75 Å². The van der Waals surface area contributed by atoms with E-state index < -0.39 is 24.0 Å². The molecule has 8 heteroatoms. The number of rotatable bonds is 3. The van der Waals surface area contributed by atoms with Crippen molar-refractivity contribution < 1.29 is 19.5 Å². The zero-order chi connectivity index (χ0) is 16.7. The largest absolute Gasteiger partial charge is 0.477 e. The lowest BCUT2D eigenvalue weighted by molar-refractivity contribution is -0.147. The predicted molar refractivity (Wildman–Crippen MR) is 84.1 cm³/mol. The second-order valence-corrected chi connectivity index (χ2v) is 6.58. The normalized spacial score (nSPS) is 31.7. The van der Waals surface area contributed by atoms with Crippen molar-refractivity contribution in [2.75, 3.05) is 12.3 Å². The van der Waals surface area contributed by atoms with E-state index in [2.05, 4.69) is 11.2 Å². The van der Waals surface area contributed by atoms with Crippen LogP contribution < -0.4 is 11.1 Å². The number of allylic oxidation sites excluding steroid dienone is 1. The molecule has 3 aliphatic rings. The number of carboxylic acid groups (broad SMARTS) is 1. The van der Waals surface area contributed by atoms with E-state index in [1.165, 1.54) is 16.7 Å². The molecule has 23 heavy (non-hydrogen) atoms. The zero-order valence-corrected chi connectivity index (χ0v) is 12.9. The SMILES string of the molecule is C#CC(=O)C1NCC/C1=C\C1=C(C(=O)O)N2C(=O)[C@@H](N)[C@H]2SC1. The number of amides is 1. The quantitative estimate of drug-likeness (QED) is 0.347. The molecule has 0 aliphatic carbocycles. The maximum absolute atomic E-state index is 11.9. The molecule has 0 aromatic heterocycles. The molecule has 120 valence electrons. The minimum atomic E-state index is -1.17. The first-order chi connectivity index (χ1) is 11.0. The van der Waals surface area contributed by atoms with Crippen molar-refractivity contribution in [1.29, 1.82) is 0 Å². The Morgan fingerprint density at radius 2 is 2.26 bits per heavy atom. The third-order valence-corrected chi connectivity index (χ3v) is 5.46. The number of nitrogens with zero attached hydrogens (tertiary/aromatic N) is 1. The number of ketones is 1. The molecule has 3 heterocycles. The van der Waals surface area contributed by atoms with E-state index in [0.29, 0.717) is 24.3 Å². The Morgan fingerprint density at radius 3 is 2.91 bits per heavy atom. The van der Waals surface area contributed by atoms with Crippen LogP contribution in [0.15, 0.2) is 22.9 Å². The number of terminal acetylenes is 1. The smallest absolute Gasteiger partial charge is 0.352 e. The molecule has 2 saturated heterocycles. The van der Waals surface area contributed by atoms with Crippen molar-refractivity contribution in [3.8, 4) is 12.3 Å². The Balaban J connectivity index is 1.98. The van der Waals surface area contributed by atoms with Gasteiger partial charge in [0.05, 0.1) is 0 Å². The summed E-state index contributed by atoms with van der Waals surface area (Å²) < 4.78 is 0. The molecule has 0 aromatic rings. The van der Waals surface area contributed by atoms with E-state index in [4.69, 9.17) is 12.2 Å². The molecule has 7 nitrogen and oxygen atoms in total. The Kier molecular flexibility index (Phi) is 4.02. The second kappa shape index (κ2) is 5.85. The molecule has 0 bridgehead atoms. The fourth-order valence-corrected chi connectivity index (χ4v) is 4.26. The number of Topliss-reactive ketones (excluding diaryl/α,β-unsaturated/α-hetero) is 1. The van der Waals surface area contributed by atoms with Crippen molar-refractivity contribution in [2.45, 2.75) is 23.9 Å². The van der Waals surface area contributed by atoms with Crippen molar-refractivity contribution >= 4 is 29.4 Å². The van der Waals surface area contributed by atoms with Gasteiger partial charge in [-0.2, -0.15) is 0 Å². The molecule has 0 spiro atoms. The number of β-lactam (4-membered cyclic amide) rings is 1. The summed E-state index contributed by atoms with van der Waals surface area (Å²) in [6.45, 7) is 0.600. The van der Waals surface area contributed by atoms with Crippen molar-refractivity contribution in [2.24, 2.45) is 5.73 Å². The van der Waals surface area contributed by atoms with Crippen LogP contribution in [0.25, 0.3) is 0 Å². The lowest BCUT2D eigenvalue weighted by Crippen LogP contribution is -2.68. The molecule has 0 radical (unpaired) electrons. The van der Waals surface area contributed by atoms with E-state index in [-0.39, 0.29) is 16.9 Å². The zero-order valence-electron chi connectivity index (χ0n) is 12.1. The summed E-state index contributed by atoms with van der Waals surface area (Å²) in [5.41, 5.74) is 6.91. The minimum absolute atomic E-state index is 0.0493. The van der Waals surface area contributed by atoms with Crippen molar-refractivity contribution in [3.63, 3.8) is 0 Å². The highest BCUT2D eigenvalue weighted by Crippen LogP contribution is 2.40. The molecule has 1 unspecified atom stereocenters. The number of hydrogen-bond donors (Lipinski definition) is 3. The summed E-state index contributed by atoms with van der Waals surface area (Å²) in [7, 11) is 0. The van der Waals surface area contributed by atoms with E-state index in [1.54, 1.807) is 6.08 Å². The van der Waals surface area contributed by atoms with E-state index in [1.807, 2.05) is 0 Å². The van der Waals surface area contributed by atoms with Gasteiger partial charge in [0.1, 0.15) is 23.2 Å². The molecule has 0 aromatic carbocycles. The molecule has 2 fully saturated rings. The highest BCUT2D eigenvalue weighted by molar-refractivity contribution is 8.00. The van der Waals surface area contributed by atoms with Gasteiger partial charge in [0.25, 0.3) is 0 Å². The summed E-state index contributed by atoms with van der Waals surface area (Å²) in [4.78, 5) is 36.5. The average molecular weight is 333 g/mol. The van der Waals surface area contributed by atoms with Gasteiger partial charge in [0.15, 0.2) is 0 Å². The summed E-state index contributed by atoms with van der Waals surface area (Å²) >= 11 is 1.42. The molecule has 0 saturated carbocycles. The standard InChI is InChI=1S/C15H15N3O4S/c1-2-9(19)11-7(3-4-17-11)5-8-6-23-14-10(16)13(20)18(14)12(8)15(21)22/h1,5,10-11,14,17H,3-4,6,16H2,(H,21,22)/b7-5+/t10-,11?,14-/m1/s1. The number of carbonyl (C=O) groups is 3. The number of thioether (sulfide) groups is 1. The van der Waals surface area contributed by atoms with Crippen LogP contribution in [0.3, 0.4) is 0 Å².